The van der Waals surface area contributed by atoms with E-state index in [-0.39, 0.29) is 5.91 Å². The number of carbonyl (C=O) groups is 1. The third-order valence-electron chi connectivity index (χ3n) is 2.16. The lowest BCUT2D eigenvalue weighted by atomic mass is 10.3. The monoisotopic (exact) mass is 176 g/mol. The highest BCUT2D eigenvalue weighted by molar-refractivity contribution is 5.96. The molecular formula is C10H12N2O. The molecular weight excluding hydrogens is 164 g/mol. The highest BCUT2D eigenvalue weighted by Gasteiger charge is 2.25. The Morgan fingerprint density at radius 3 is 2.46 bits per heavy atom. The van der Waals surface area contributed by atoms with Gasteiger partial charge in [0.2, 0.25) is 5.91 Å². The van der Waals surface area contributed by atoms with Gasteiger partial charge in [-0.05, 0) is 19.2 Å². The van der Waals surface area contributed by atoms with Gasteiger partial charge in [0.1, 0.15) is 0 Å². The molecule has 2 rings (SSSR count). The Kier molecular flexibility index (Phi) is 2.02. The normalized spacial score (nSPS) is 18.2. The van der Waals surface area contributed by atoms with Crippen LogP contribution < -0.4 is 4.90 Å². The van der Waals surface area contributed by atoms with Crippen molar-refractivity contribution < 1.29 is 4.79 Å². The van der Waals surface area contributed by atoms with Crippen LogP contribution >= 0.6 is 0 Å². The summed E-state index contributed by atoms with van der Waals surface area (Å²) >= 11 is 0. The summed E-state index contributed by atoms with van der Waals surface area (Å²) in [4.78, 5) is 15.3. The van der Waals surface area contributed by atoms with Crippen LogP contribution in [0.25, 0.3) is 0 Å². The van der Waals surface area contributed by atoms with Gasteiger partial charge in [0.15, 0.2) is 0 Å². The molecule has 0 bridgehead atoms. The van der Waals surface area contributed by atoms with Crippen molar-refractivity contribution >= 4 is 11.6 Å². The predicted octanol–water partition coefficient (Wildman–Crippen LogP) is 0.922. The third-order valence-corrected chi connectivity index (χ3v) is 2.16. The van der Waals surface area contributed by atoms with Gasteiger partial charge in [-0.15, -0.1) is 0 Å². The number of likely N-dealkylation sites (N-methyl/N-ethyl adjacent to an activating group) is 1. The molecule has 1 aromatic carbocycles. The second-order valence-corrected chi connectivity index (χ2v) is 3.31. The zero-order valence-corrected chi connectivity index (χ0v) is 7.60. The van der Waals surface area contributed by atoms with Gasteiger partial charge in [-0.3, -0.25) is 14.6 Å². The summed E-state index contributed by atoms with van der Waals surface area (Å²) in [6.45, 7) is 1.22. The summed E-state index contributed by atoms with van der Waals surface area (Å²) in [6.07, 6.45) is 0. The van der Waals surface area contributed by atoms with Crippen molar-refractivity contribution in [1.82, 2.24) is 4.90 Å². The van der Waals surface area contributed by atoms with E-state index in [1.165, 1.54) is 0 Å². The van der Waals surface area contributed by atoms with Crippen molar-refractivity contribution in [3.63, 3.8) is 0 Å². The average molecular weight is 176 g/mol. The number of benzene rings is 1. The molecule has 0 saturated carbocycles. The van der Waals surface area contributed by atoms with Crippen molar-refractivity contribution in [1.29, 1.82) is 0 Å². The Bertz CT molecular complexity index is 310. The van der Waals surface area contributed by atoms with E-state index in [1.54, 1.807) is 4.90 Å². The minimum atomic E-state index is 0.175. The van der Waals surface area contributed by atoms with Crippen LogP contribution in [0.15, 0.2) is 30.3 Å². The van der Waals surface area contributed by atoms with E-state index >= 15 is 0 Å². The van der Waals surface area contributed by atoms with E-state index in [9.17, 15) is 4.79 Å². The van der Waals surface area contributed by atoms with Gasteiger partial charge in [0, 0.05) is 5.69 Å². The standard InChI is InChI=1S/C10H12N2O/c1-11-7-10(13)12(8-11)9-5-3-2-4-6-9/h2-6H,7-8H2,1H3. The predicted molar refractivity (Wildman–Crippen MR) is 51.4 cm³/mol. The van der Waals surface area contributed by atoms with Crippen LogP contribution in [-0.2, 0) is 4.79 Å². The maximum atomic E-state index is 11.5. The molecule has 0 N–H and O–H groups in total. The maximum absolute atomic E-state index is 11.5. The molecule has 3 nitrogen and oxygen atoms in total. The molecule has 1 aliphatic rings. The van der Waals surface area contributed by atoms with Crippen molar-refractivity contribution in [3.8, 4) is 0 Å². The Morgan fingerprint density at radius 2 is 1.92 bits per heavy atom. The largest absolute Gasteiger partial charge is 0.298 e. The SMILES string of the molecule is CN1CC(=O)N(c2ccccc2)C1. The molecule has 3 heteroatoms. The van der Waals surface area contributed by atoms with Crippen LogP contribution in [0.5, 0.6) is 0 Å². The Balaban J connectivity index is 2.23. The van der Waals surface area contributed by atoms with E-state index in [4.69, 9.17) is 0 Å². The number of amides is 1. The van der Waals surface area contributed by atoms with E-state index in [1.807, 2.05) is 42.3 Å². The fourth-order valence-electron chi connectivity index (χ4n) is 1.52. The second kappa shape index (κ2) is 3.18. The topological polar surface area (TPSA) is 23.6 Å². The summed E-state index contributed by atoms with van der Waals surface area (Å²) in [7, 11) is 1.95. The number of anilines is 1. The first-order chi connectivity index (χ1) is 6.27. The lowest BCUT2D eigenvalue weighted by molar-refractivity contribution is -0.116. The van der Waals surface area contributed by atoms with Crippen LogP contribution in [0, 0.1) is 0 Å². The van der Waals surface area contributed by atoms with Gasteiger partial charge in [0.25, 0.3) is 0 Å². The third kappa shape index (κ3) is 1.55. The van der Waals surface area contributed by atoms with E-state index in [0.717, 1.165) is 5.69 Å². The van der Waals surface area contributed by atoms with E-state index in [2.05, 4.69) is 0 Å². The molecule has 0 spiro atoms. The lowest BCUT2D eigenvalue weighted by Gasteiger charge is -2.15. The van der Waals surface area contributed by atoms with Gasteiger partial charge >= 0.3 is 0 Å². The van der Waals surface area contributed by atoms with Crippen LogP contribution in [0.2, 0.25) is 0 Å². The lowest BCUT2D eigenvalue weighted by Crippen LogP contribution is -2.25. The Morgan fingerprint density at radius 1 is 1.23 bits per heavy atom. The summed E-state index contributed by atoms with van der Waals surface area (Å²) in [5.41, 5.74) is 0.983. The number of carbonyl (C=O) groups excluding carboxylic acids is 1. The van der Waals surface area contributed by atoms with Gasteiger partial charge in [-0.25, -0.2) is 0 Å². The Labute approximate surface area is 77.6 Å². The summed E-state index contributed by atoms with van der Waals surface area (Å²) in [6, 6.07) is 9.75. The minimum absolute atomic E-state index is 0.175. The van der Waals surface area contributed by atoms with Crippen LogP contribution in [0.3, 0.4) is 0 Å². The molecule has 1 aromatic rings. The van der Waals surface area contributed by atoms with Crippen molar-refractivity contribution in [2.45, 2.75) is 0 Å². The highest BCUT2D eigenvalue weighted by atomic mass is 16.2. The molecule has 0 aromatic heterocycles. The quantitative estimate of drug-likeness (QED) is 0.635. The van der Waals surface area contributed by atoms with Crippen molar-refractivity contribution in [3.05, 3.63) is 30.3 Å². The van der Waals surface area contributed by atoms with Crippen LogP contribution in [0.4, 0.5) is 5.69 Å². The molecule has 1 heterocycles. The van der Waals surface area contributed by atoms with Crippen molar-refractivity contribution in [2.75, 3.05) is 25.2 Å². The number of hydrogen-bond acceptors (Lipinski definition) is 2. The number of rotatable bonds is 1. The van der Waals surface area contributed by atoms with Crippen LogP contribution in [-0.4, -0.2) is 31.1 Å². The summed E-state index contributed by atoms with van der Waals surface area (Å²) in [5.74, 6) is 0.175. The fourth-order valence-corrected chi connectivity index (χ4v) is 1.52. The molecule has 0 unspecified atom stereocenters. The molecule has 0 atom stereocenters. The van der Waals surface area contributed by atoms with Gasteiger partial charge in [0.05, 0.1) is 13.2 Å². The molecule has 13 heavy (non-hydrogen) atoms. The molecule has 0 radical (unpaired) electrons. The van der Waals surface area contributed by atoms with Gasteiger partial charge in [-0.1, -0.05) is 18.2 Å². The van der Waals surface area contributed by atoms with Gasteiger partial charge in [-0.2, -0.15) is 0 Å². The van der Waals surface area contributed by atoms with E-state index < -0.39 is 0 Å². The minimum Gasteiger partial charge on any atom is -0.298 e. The smallest absolute Gasteiger partial charge is 0.242 e. The van der Waals surface area contributed by atoms with Gasteiger partial charge < -0.3 is 0 Å². The fraction of sp³-hybridized carbons (Fsp3) is 0.300. The van der Waals surface area contributed by atoms with Crippen LogP contribution in [0.1, 0.15) is 0 Å². The molecule has 0 aliphatic carbocycles. The molecule has 1 saturated heterocycles. The maximum Gasteiger partial charge on any atom is 0.242 e. The highest BCUT2D eigenvalue weighted by Crippen LogP contribution is 2.17. The number of hydrogen-bond donors (Lipinski definition) is 0. The zero-order valence-electron chi connectivity index (χ0n) is 7.60. The first-order valence-electron chi connectivity index (χ1n) is 4.31. The Hall–Kier alpha value is -1.35. The molecule has 68 valence electrons. The first kappa shape index (κ1) is 8.26. The van der Waals surface area contributed by atoms with Crippen molar-refractivity contribution in [2.24, 2.45) is 0 Å². The molecule has 1 fully saturated rings. The molecule has 1 aliphatic heterocycles. The summed E-state index contributed by atoms with van der Waals surface area (Å²) in [5, 5.41) is 0. The number of nitrogens with zero attached hydrogens (tertiary/aromatic N) is 2. The number of para-hydroxylation sites is 1. The average Bonchev–Trinajstić information content (AvgIpc) is 2.47. The zero-order chi connectivity index (χ0) is 9.26. The summed E-state index contributed by atoms with van der Waals surface area (Å²) < 4.78 is 0. The second-order valence-electron chi connectivity index (χ2n) is 3.31. The molecule has 1 amide bonds. The van der Waals surface area contributed by atoms with E-state index in [0.29, 0.717) is 13.2 Å². The first-order valence-corrected chi connectivity index (χ1v) is 4.31.